The van der Waals surface area contributed by atoms with Crippen LogP contribution in [0.4, 0.5) is 11.7 Å². The van der Waals surface area contributed by atoms with Crippen molar-refractivity contribution in [3.05, 3.63) is 35.7 Å². The van der Waals surface area contributed by atoms with Crippen LogP contribution in [0, 0.1) is 6.92 Å². The third-order valence-electron chi connectivity index (χ3n) is 2.85. The molecule has 6 heteroatoms. The van der Waals surface area contributed by atoms with Crippen LogP contribution < -0.4 is 10.6 Å². The molecular weight excluding hydrogens is 232 g/mol. The van der Waals surface area contributed by atoms with Crippen molar-refractivity contribution in [3.8, 4) is 0 Å². The molecule has 0 spiro atoms. The first-order valence-electron chi connectivity index (χ1n) is 5.68. The highest BCUT2D eigenvalue weighted by atomic mass is 16.5. The zero-order chi connectivity index (χ0) is 12.5. The summed E-state index contributed by atoms with van der Waals surface area (Å²) < 4.78 is 4.85. The van der Waals surface area contributed by atoms with Crippen molar-refractivity contribution < 1.29 is 9.32 Å². The molecule has 0 bridgehead atoms. The molecule has 0 saturated heterocycles. The molecule has 92 valence electrons. The van der Waals surface area contributed by atoms with Gasteiger partial charge in [0.2, 0.25) is 0 Å². The molecule has 1 aliphatic heterocycles. The number of carbonyl (C=O) groups is 1. The second-order valence-corrected chi connectivity index (χ2v) is 4.19. The number of rotatable bonds is 2. The van der Waals surface area contributed by atoms with Crippen LogP contribution in [-0.2, 0) is 11.2 Å². The Labute approximate surface area is 103 Å². The summed E-state index contributed by atoms with van der Waals surface area (Å²) in [7, 11) is 0. The Balaban J connectivity index is 1.69. The average molecular weight is 244 g/mol. The van der Waals surface area contributed by atoms with E-state index in [-0.39, 0.29) is 18.0 Å². The van der Waals surface area contributed by atoms with E-state index >= 15 is 0 Å². The van der Waals surface area contributed by atoms with Gasteiger partial charge in [0.25, 0.3) is 5.91 Å². The first-order valence-corrected chi connectivity index (χ1v) is 5.68. The molecule has 1 atom stereocenters. The molecule has 0 saturated carbocycles. The van der Waals surface area contributed by atoms with Crippen molar-refractivity contribution in [2.45, 2.75) is 19.4 Å². The lowest BCUT2D eigenvalue weighted by molar-refractivity contribution is -0.116. The first-order chi connectivity index (χ1) is 8.72. The van der Waals surface area contributed by atoms with Gasteiger partial charge in [-0.25, -0.2) is 0 Å². The predicted molar refractivity (Wildman–Crippen MR) is 65.2 cm³/mol. The van der Waals surface area contributed by atoms with Crippen molar-refractivity contribution in [2.24, 2.45) is 0 Å². The number of benzene rings is 1. The number of aromatic nitrogens is 2. The Kier molecular flexibility index (Phi) is 2.47. The fourth-order valence-electron chi connectivity index (χ4n) is 2.00. The fourth-order valence-corrected chi connectivity index (χ4v) is 2.00. The Morgan fingerprint density at radius 3 is 3.06 bits per heavy atom. The fraction of sp³-hybridized carbons (Fsp3) is 0.250. The monoisotopic (exact) mass is 244 g/mol. The molecule has 0 unspecified atom stereocenters. The number of carbonyl (C=O) groups excluding carboxylic acids is 1. The van der Waals surface area contributed by atoms with Gasteiger partial charge in [-0.3, -0.25) is 10.1 Å². The quantitative estimate of drug-likeness (QED) is 0.833. The third kappa shape index (κ3) is 1.92. The summed E-state index contributed by atoms with van der Waals surface area (Å²) in [4.78, 5) is 15.9. The Morgan fingerprint density at radius 2 is 2.33 bits per heavy atom. The van der Waals surface area contributed by atoms with Crippen LogP contribution in [0.2, 0.25) is 0 Å². The summed E-state index contributed by atoms with van der Waals surface area (Å²) in [5, 5.41) is 9.37. The van der Waals surface area contributed by atoms with E-state index in [9.17, 15) is 4.79 Å². The number of amides is 1. The number of hydrogen-bond acceptors (Lipinski definition) is 5. The molecule has 2 heterocycles. The zero-order valence-corrected chi connectivity index (χ0v) is 9.80. The van der Waals surface area contributed by atoms with Gasteiger partial charge in [-0.2, -0.15) is 4.98 Å². The van der Waals surface area contributed by atoms with Gasteiger partial charge in [0.05, 0.1) is 0 Å². The van der Waals surface area contributed by atoms with Gasteiger partial charge in [0.1, 0.15) is 6.04 Å². The summed E-state index contributed by atoms with van der Waals surface area (Å²) in [6.07, 6.45) is 0.662. The van der Waals surface area contributed by atoms with Gasteiger partial charge in [-0.15, -0.1) is 0 Å². The van der Waals surface area contributed by atoms with Crippen LogP contribution in [0.25, 0.3) is 0 Å². The molecule has 3 rings (SSSR count). The average Bonchev–Trinajstić information content (AvgIpc) is 2.95. The molecular formula is C12H12N4O2. The van der Waals surface area contributed by atoms with Gasteiger partial charge >= 0.3 is 6.01 Å². The number of para-hydroxylation sites is 1. The second-order valence-electron chi connectivity index (χ2n) is 4.19. The van der Waals surface area contributed by atoms with Crippen LogP contribution >= 0.6 is 0 Å². The maximum absolute atomic E-state index is 12.0. The molecule has 2 N–H and O–H groups in total. The van der Waals surface area contributed by atoms with Crippen LogP contribution in [-0.4, -0.2) is 22.1 Å². The molecule has 0 fully saturated rings. The number of aryl methyl sites for hydroxylation is 1. The molecule has 2 aromatic rings. The number of nitrogens with zero attached hydrogens (tertiary/aromatic N) is 2. The summed E-state index contributed by atoms with van der Waals surface area (Å²) in [5.41, 5.74) is 2.14. The standard InChI is InChI=1S/C12H12N4O2/c1-7-13-12(18-16-7)15-11(17)10-6-8-4-2-3-5-9(8)14-10/h2-5,10,14H,6H2,1H3,(H,13,15,16,17)/t10-/m0/s1. The smallest absolute Gasteiger partial charge is 0.328 e. The predicted octanol–water partition coefficient (Wildman–Crippen LogP) is 1.35. The van der Waals surface area contributed by atoms with Crippen molar-refractivity contribution in [1.82, 2.24) is 10.1 Å². The summed E-state index contributed by atoms with van der Waals surface area (Å²) >= 11 is 0. The van der Waals surface area contributed by atoms with Crippen molar-refractivity contribution >= 4 is 17.6 Å². The van der Waals surface area contributed by atoms with Crippen LogP contribution in [0.15, 0.2) is 28.8 Å². The summed E-state index contributed by atoms with van der Waals surface area (Å²) in [6.45, 7) is 1.70. The van der Waals surface area contributed by atoms with Crippen molar-refractivity contribution in [2.75, 3.05) is 10.6 Å². The molecule has 0 aliphatic carbocycles. The van der Waals surface area contributed by atoms with Crippen LogP contribution in [0.5, 0.6) is 0 Å². The molecule has 18 heavy (non-hydrogen) atoms. The van der Waals surface area contributed by atoms with E-state index in [1.54, 1.807) is 6.92 Å². The van der Waals surface area contributed by atoms with Gasteiger partial charge in [0, 0.05) is 12.1 Å². The highest BCUT2D eigenvalue weighted by molar-refractivity contribution is 5.96. The molecule has 1 aromatic carbocycles. The normalized spacial score (nSPS) is 17.1. The Morgan fingerprint density at radius 1 is 1.50 bits per heavy atom. The topological polar surface area (TPSA) is 80.0 Å². The number of fused-ring (bicyclic) bond motifs is 1. The summed E-state index contributed by atoms with van der Waals surface area (Å²) in [6, 6.07) is 7.70. The maximum atomic E-state index is 12.0. The highest BCUT2D eigenvalue weighted by Crippen LogP contribution is 2.25. The molecule has 1 aromatic heterocycles. The van der Waals surface area contributed by atoms with Crippen LogP contribution in [0.1, 0.15) is 11.4 Å². The van der Waals surface area contributed by atoms with Crippen LogP contribution in [0.3, 0.4) is 0 Å². The number of anilines is 2. The molecule has 1 amide bonds. The lowest BCUT2D eigenvalue weighted by atomic mass is 10.1. The molecule has 1 aliphatic rings. The SMILES string of the molecule is Cc1noc(NC(=O)[C@@H]2Cc3ccccc3N2)n1. The number of nitrogens with one attached hydrogen (secondary N) is 2. The highest BCUT2D eigenvalue weighted by Gasteiger charge is 2.27. The molecule has 6 nitrogen and oxygen atoms in total. The largest absolute Gasteiger partial charge is 0.373 e. The van der Waals surface area contributed by atoms with Gasteiger partial charge in [-0.05, 0) is 18.6 Å². The van der Waals surface area contributed by atoms with E-state index < -0.39 is 0 Å². The maximum Gasteiger partial charge on any atom is 0.328 e. The van der Waals surface area contributed by atoms with Crippen molar-refractivity contribution in [1.29, 1.82) is 0 Å². The minimum Gasteiger partial charge on any atom is -0.373 e. The second kappa shape index (κ2) is 4.14. The van der Waals surface area contributed by atoms with E-state index in [1.807, 2.05) is 24.3 Å². The lowest BCUT2D eigenvalue weighted by Gasteiger charge is -2.08. The Hall–Kier alpha value is -2.37. The van der Waals surface area contributed by atoms with E-state index in [0.717, 1.165) is 11.3 Å². The first kappa shape index (κ1) is 10.8. The number of hydrogen-bond donors (Lipinski definition) is 2. The zero-order valence-electron chi connectivity index (χ0n) is 9.80. The lowest BCUT2D eigenvalue weighted by Crippen LogP contribution is -2.32. The minimum atomic E-state index is -0.297. The Bertz CT molecular complexity index is 568. The van der Waals surface area contributed by atoms with E-state index in [2.05, 4.69) is 20.8 Å². The van der Waals surface area contributed by atoms with E-state index in [1.165, 1.54) is 0 Å². The van der Waals surface area contributed by atoms with Crippen molar-refractivity contribution in [3.63, 3.8) is 0 Å². The van der Waals surface area contributed by atoms with Gasteiger partial charge < -0.3 is 9.84 Å². The third-order valence-corrected chi connectivity index (χ3v) is 2.85. The van der Waals surface area contributed by atoms with Gasteiger partial charge in [0.15, 0.2) is 5.82 Å². The van der Waals surface area contributed by atoms with E-state index in [4.69, 9.17) is 4.52 Å². The van der Waals surface area contributed by atoms with E-state index in [0.29, 0.717) is 12.2 Å². The molecule has 0 radical (unpaired) electrons. The summed E-state index contributed by atoms with van der Waals surface area (Å²) in [5.74, 6) is 0.322. The van der Waals surface area contributed by atoms with Gasteiger partial charge in [-0.1, -0.05) is 23.4 Å². The minimum absolute atomic E-state index is 0.134.